The highest BCUT2D eigenvalue weighted by Crippen LogP contribution is 2.37. The summed E-state index contributed by atoms with van der Waals surface area (Å²) in [6, 6.07) is 8.66. The average Bonchev–Trinajstić information content (AvgIpc) is 3.95. The molecule has 0 fully saturated rings. The smallest absolute Gasteiger partial charge is 0.203 e. The Hall–Kier alpha value is -6.56. The van der Waals surface area contributed by atoms with E-state index in [-0.39, 0.29) is 0 Å². The number of rotatable bonds is 4. The van der Waals surface area contributed by atoms with Crippen LogP contribution in [0.1, 0.15) is 22.8 Å². The quantitative estimate of drug-likeness (QED) is 0.274. The lowest BCUT2D eigenvalue weighted by Crippen LogP contribution is -2.35. The molecule has 0 unspecified atom stereocenters. The summed E-state index contributed by atoms with van der Waals surface area (Å²) in [5.41, 5.74) is 15.8. The zero-order valence-electron chi connectivity index (χ0n) is 30.7. The lowest BCUT2D eigenvalue weighted by molar-refractivity contribution is -0.751. The first-order valence-electron chi connectivity index (χ1n) is 17.3. The number of aromatic nitrogens is 12. The van der Waals surface area contributed by atoms with Gasteiger partial charge in [-0.15, -0.1) is 18.7 Å². The van der Waals surface area contributed by atoms with E-state index in [0.717, 1.165) is 89.4 Å². The van der Waals surface area contributed by atoms with E-state index >= 15 is 0 Å². The van der Waals surface area contributed by atoms with Crippen LogP contribution in [0.4, 0.5) is 0 Å². The van der Waals surface area contributed by atoms with Crippen LogP contribution in [-0.4, -0.2) is 38.7 Å². The van der Waals surface area contributed by atoms with Crippen LogP contribution in [0.5, 0.6) is 0 Å². The Bertz CT molecular complexity index is 2380. The molecule has 2 N–H and O–H groups in total. The van der Waals surface area contributed by atoms with Gasteiger partial charge in [0, 0.05) is 44.3 Å². The largest absolute Gasteiger partial charge is 0.354 e. The number of hydrogen-bond acceptors (Lipinski definition) is 2. The predicted molar refractivity (Wildman–Crippen MR) is 201 cm³/mol. The molecule has 9 rings (SSSR count). The van der Waals surface area contributed by atoms with Crippen LogP contribution in [0.3, 0.4) is 0 Å². The zero-order chi connectivity index (χ0) is 36.0. The van der Waals surface area contributed by atoms with Crippen molar-refractivity contribution in [3.8, 4) is 44.5 Å². The van der Waals surface area contributed by atoms with E-state index in [4.69, 9.17) is 9.97 Å². The van der Waals surface area contributed by atoms with Gasteiger partial charge in [-0.25, -0.2) is 9.97 Å². The molecule has 12 heteroatoms. The summed E-state index contributed by atoms with van der Waals surface area (Å²) >= 11 is 0. The van der Waals surface area contributed by atoms with Gasteiger partial charge in [-0.3, -0.25) is 0 Å². The minimum absolute atomic E-state index is 0.886. The maximum atomic E-state index is 5.41. The summed E-state index contributed by atoms with van der Waals surface area (Å²) in [7, 11) is 16.4. The summed E-state index contributed by atoms with van der Waals surface area (Å²) in [5, 5.41) is 0. The molecule has 0 aromatic carbocycles. The number of H-pyrrole nitrogens is 2. The number of hydrogen-bond donors (Lipinski definition) is 2. The van der Waals surface area contributed by atoms with Crippen molar-refractivity contribution in [2.45, 2.75) is 0 Å². The molecule has 0 atom stereocenters. The summed E-state index contributed by atoms with van der Waals surface area (Å²) in [6.07, 6.45) is 25.7. The van der Waals surface area contributed by atoms with Gasteiger partial charge in [0.1, 0.15) is 0 Å². The van der Waals surface area contributed by atoms with Gasteiger partial charge in [0.2, 0.25) is 24.8 Å². The van der Waals surface area contributed by atoms with Crippen LogP contribution >= 0.6 is 0 Å². The molecule has 0 radical (unpaired) electrons. The maximum Gasteiger partial charge on any atom is 0.203 e. The van der Waals surface area contributed by atoms with Gasteiger partial charge < -0.3 is 9.97 Å². The second-order valence-corrected chi connectivity index (χ2v) is 13.9. The van der Waals surface area contributed by atoms with Gasteiger partial charge >= 0.3 is 0 Å². The molecule has 0 amide bonds. The van der Waals surface area contributed by atoms with E-state index in [2.05, 4.69) is 146 Å². The van der Waals surface area contributed by atoms with E-state index < -0.39 is 0 Å². The fourth-order valence-corrected chi connectivity index (χ4v) is 7.41. The molecule has 7 aromatic heterocycles. The van der Waals surface area contributed by atoms with Gasteiger partial charge in [0.05, 0.1) is 98.0 Å². The van der Waals surface area contributed by atoms with Crippen molar-refractivity contribution < 1.29 is 18.7 Å². The fraction of sp³-hybridized carbons (Fsp3) is 0.200. The zero-order valence-corrected chi connectivity index (χ0v) is 30.7. The highest BCUT2D eigenvalue weighted by molar-refractivity contribution is 5.99. The molecular weight excluding hydrogens is 649 g/mol. The molecule has 2 aliphatic heterocycles. The normalized spacial score (nSPS) is 12.5. The van der Waals surface area contributed by atoms with Crippen molar-refractivity contribution in [3.05, 3.63) is 96.6 Å². The Balaban J connectivity index is 1.48. The van der Waals surface area contributed by atoms with Crippen molar-refractivity contribution in [1.82, 2.24) is 38.7 Å². The predicted octanol–water partition coefficient (Wildman–Crippen LogP) is 3.98. The number of fused-ring (bicyclic) bond motifs is 8. The van der Waals surface area contributed by atoms with Crippen molar-refractivity contribution >= 4 is 46.4 Å². The standard InChI is InChI=1S/C40H42N12/c1-45-17-25(18-46(45)2)37-29-9-11-31(41-29)38(26-19-47(3)48(4)20-26)33-13-15-35(43-33)40(28-23-51(7)52(8)24-28)36-16-14-34(44-36)39(32-12-10-30(37)42-32)27-21-49(5)50(6)22-27/h9-24,41,44H,1-8H3/q+4. The van der Waals surface area contributed by atoms with E-state index in [0.29, 0.717) is 0 Å². The van der Waals surface area contributed by atoms with Gasteiger partial charge in [0.15, 0.2) is 28.2 Å². The molecule has 2 aliphatic rings. The number of aryl methyl sites for hydroxylation is 8. The monoisotopic (exact) mass is 690 g/mol. The Kier molecular flexibility index (Phi) is 6.94. The third-order valence-electron chi connectivity index (χ3n) is 10.5. The van der Waals surface area contributed by atoms with E-state index in [1.165, 1.54) is 0 Å². The van der Waals surface area contributed by atoms with E-state index in [1.54, 1.807) is 0 Å². The molecule has 0 spiro atoms. The van der Waals surface area contributed by atoms with Crippen molar-refractivity contribution in [1.29, 1.82) is 0 Å². The molecular formula is C40H42N12+4. The Morgan fingerprint density at radius 1 is 0.404 bits per heavy atom. The Morgan fingerprint density at radius 2 is 0.635 bits per heavy atom. The van der Waals surface area contributed by atoms with Crippen molar-refractivity contribution in [2.24, 2.45) is 56.4 Å². The first-order valence-corrected chi connectivity index (χ1v) is 17.3. The van der Waals surface area contributed by atoms with Crippen LogP contribution in [0.25, 0.3) is 90.9 Å². The summed E-state index contributed by atoms with van der Waals surface area (Å²) < 4.78 is 16.6. The SMILES string of the molecule is Cn1cc(-c2c3nc(c(-c4cn(C)[n+](C)c4)c4ccc([nH]4)c(-c4cn(C)[n+](C)c4)c4nc(c(-c5cn(C)[n+](C)c5)c5ccc2[nH]5)C=C4)C=C3)c[n+]1C. The summed E-state index contributed by atoms with van der Waals surface area (Å²) in [6.45, 7) is 0. The minimum atomic E-state index is 0.886. The molecule has 12 nitrogen and oxygen atoms in total. The third kappa shape index (κ3) is 4.97. The lowest BCUT2D eigenvalue weighted by Gasteiger charge is -2.02. The second-order valence-electron chi connectivity index (χ2n) is 13.9. The molecule has 7 aromatic rings. The fourth-order valence-electron chi connectivity index (χ4n) is 7.41. The van der Waals surface area contributed by atoms with Crippen LogP contribution in [0, 0.1) is 0 Å². The molecule has 258 valence electrons. The maximum absolute atomic E-state index is 5.41. The molecule has 52 heavy (non-hydrogen) atoms. The second kappa shape index (κ2) is 11.5. The number of aromatic amines is 2. The van der Waals surface area contributed by atoms with Crippen LogP contribution in [0.2, 0.25) is 0 Å². The minimum Gasteiger partial charge on any atom is -0.354 e. The van der Waals surface area contributed by atoms with Crippen LogP contribution in [0.15, 0.2) is 73.8 Å². The Morgan fingerprint density at radius 3 is 0.827 bits per heavy atom. The van der Waals surface area contributed by atoms with Crippen molar-refractivity contribution in [2.75, 3.05) is 0 Å². The summed E-state index contributed by atoms with van der Waals surface area (Å²) in [5.74, 6) is 0. The lowest BCUT2D eigenvalue weighted by atomic mass is 10.1. The summed E-state index contributed by atoms with van der Waals surface area (Å²) in [4.78, 5) is 18.5. The molecule has 0 saturated heterocycles. The van der Waals surface area contributed by atoms with E-state index in [1.807, 2.05) is 56.4 Å². The molecule has 0 saturated carbocycles. The van der Waals surface area contributed by atoms with Crippen LogP contribution in [-0.2, 0) is 56.4 Å². The third-order valence-corrected chi connectivity index (χ3v) is 10.5. The number of nitrogens with one attached hydrogen (secondary N) is 2. The molecule has 0 aliphatic carbocycles. The first-order chi connectivity index (χ1) is 25.0. The first kappa shape index (κ1) is 31.4. The average molecular weight is 691 g/mol. The van der Waals surface area contributed by atoms with E-state index in [9.17, 15) is 0 Å². The van der Waals surface area contributed by atoms with Gasteiger partial charge in [-0.1, -0.05) is 0 Å². The van der Waals surface area contributed by atoms with Gasteiger partial charge in [-0.05, 0) is 48.6 Å². The van der Waals surface area contributed by atoms with Crippen LogP contribution < -0.4 is 18.7 Å². The Labute approximate surface area is 300 Å². The topological polar surface area (TPSA) is 92.6 Å². The highest BCUT2D eigenvalue weighted by atomic mass is 15.4. The van der Waals surface area contributed by atoms with Crippen molar-refractivity contribution in [3.63, 3.8) is 0 Å². The van der Waals surface area contributed by atoms with Gasteiger partial charge in [-0.2, -0.15) is 18.7 Å². The van der Waals surface area contributed by atoms with Gasteiger partial charge in [0.25, 0.3) is 0 Å². The molecule has 9 heterocycles. The number of nitrogens with zero attached hydrogens (tertiary/aromatic N) is 10. The highest BCUT2D eigenvalue weighted by Gasteiger charge is 2.24. The molecule has 8 bridgehead atoms.